The van der Waals surface area contributed by atoms with Gasteiger partial charge in [0.05, 0.1) is 16.7 Å². The van der Waals surface area contributed by atoms with Crippen molar-refractivity contribution in [2.45, 2.75) is 12.4 Å². The van der Waals surface area contributed by atoms with E-state index in [0.717, 1.165) is 23.1 Å². The minimum absolute atomic E-state index is 0.0183. The zero-order valence-electron chi connectivity index (χ0n) is 15.1. The highest BCUT2D eigenvalue weighted by atomic mass is 19.4. The second-order valence-electron chi connectivity index (χ2n) is 6.69. The van der Waals surface area contributed by atoms with Crippen molar-refractivity contribution < 1.29 is 40.0 Å². The Morgan fingerprint density at radius 2 is 1.30 bits per heavy atom. The van der Waals surface area contributed by atoms with Crippen molar-refractivity contribution in [1.29, 1.82) is 0 Å². The molecule has 1 aliphatic rings. The SMILES string of the molecule is O=C(c1cc(-c2cc(C(F)(F)F)cc(C(F)(F)F)c2)ccc1F)N1CCN(F)CC1. The van der Waals surface area contributed by atoms with Crippen LogP contribution in [0.2, 0.25) is 0 Å². The predicted molar refractivity (Wildman–Crippen MR) is 90.4 cm³/mol. The van der Waals surface area contributed by atoms with Crippen LogP contribution in [0, 0.1) is 5.82 Å². The quantitative estimate of drug-likeness (QED) is 0.477. The van der Waals surface area contributed by atoms with Crippen LogP contribution < -0.4 is 0 Å². The third-order valence-corrected chi connectivity index (χ3v) is 4.63. The summed E-state index contributed by atoms with van der Waals surface area (Å²) < 4.78 is 106. The Bertz CT molecular complexity index is 914. The summed E-state index contributed by atoms with van der Waals surface area (Å²) in [6, 6.07) is 3.66. The van der Waals surface area contributed by atoms with E-state index < -0.39 is 46.3 Å². The van der Waals surface area contributed by atoms with Gasteiger partial charge >= 0.3 is 12.4 Å². The summed E-state index contributed by atoms with van der Waals surface area (Å²) in [5.41, 5.74) is -4.24. The number of piperazine rings is 1. The smallest absolute Gasteiger partial charge is 0.336 e. The number of carbonyl (C=O) groups is 1. The highest BCUT2D eigenvalue weighted by Gasteiger charge is 2.37. The van der Waals surface area contributed by atoms with Gasteiger partial charge in [-0.25, -0.2) is 4.39 Å². The predicted octanol–water partition coefficient (Wildman–Crippen LogP) is 5.17. The first-order valence-corrected chi connectivity index (χ1v) is 8.65. The van der Waals surface area contributed by atoms with Crippen molar-refractivity contribution in [2.24, 2.45) is 0 Å². The summed E-state index contributed by atoms with van der Waals surface area (Å²) in [4.78, 5) is 13.7. The molecule has 1 saturated heterocycles. The molecule has 0 aliphatic carbocycles. The average Bonchev–Trinajstić information content (AvgIpc) is 2.66. The normalized spacial score (nSPS) is 16.1. The van der Waals surface area contributed by atoms with Crippen molar-refractivity contribution in [3.63, 3.8) is 0 Å². The summed E-state index contributed by atoms with van der Waals surface area (Å²) in [7, 11) is 0. The van der Waals surface area contributed by atoms with E-state index in [2.05, 4.69) is 0 Å². The fourth-order valence-corrected chi connectivity index (χ4v) is 3.05. The second-order valence-corrected chi connectivity index (χ2v) is 6.69. The summed E-state index contributed by atoms with van der Waals surface area (Å²) in [5.74, 6) is -1.82. The van der Waals surface area contributed by atoms with E-state index in [1.807, 2.05) is 0 Å². The van der Waals surface area contributed by atoms with Crippen LogP contribution in [0.5, 0.6) is 0 Å². The molecule has 3 nitrogen and oxygen atoms in total. The number of nitrogens with zero attached hydrogens (tertiary/aromatic N) is 2. The molecule has 0 radical (unpaired) electrons. The van der Waals surface area contributed by atoms with Gasteiger partial charge in [-0.2, -0.15) is 26.3 Å². The summed E-state index contributed by atoms with van der Waals surface area (Å²) >= 11 is 0. The molecule has 1 aliphatic heterocycles. The van der Waals surface area contributed by atoms with Gasteiger partial charge in [-0.3, -0.25) is 4.79 Å². The fourth-order valence-electron chi connectivity index (χ4n) is 3.05. The maximum absolute atomic E-state index is 14.2. The molecule has 1 fully saturated rings. The van der Waals surface area contributed by atoms with Gasteiger partial charge in [0.1, 0.15) is 5.82 Å². The number of hydrogen-bond acceptors (Lipinski definition) is 2. The highest BCUT2D eigenvalue weighted by molar-refractivity contribution is 5.96. The van der Waals surface area contributed by atoms with E-state index >= 15 is 0 Å². The van der Waals surface area contributed by atoms with Crippen LogP contribution in [0.3, 0.4) is 0 Å². The zero-order chi connectivity index (χ0) is 22.3. The maximum Gasteiger partial charge on any atom is 0.416 e. The van der Waals surface area contributed by atoms with Crippen molar-refractivity contribution in [3.05, 3.63) is 58.9 Å². The summed E-state index contributed by atoms with van der Waals surface area (Å²) in [6.45, 7) is -0.285. The Labute approximate surface area is 165 Å². The van der Waals surface area contributed by atoms with Crippen molar-refractivity contribution >= 4 is 5.91 Å². The van der Waals surface area contributed by atoms with Gasteiger partial charge < -0.3 is 4.90 Å². The molecule has 3 rings (SSSR count). The van der Waals surface area contributed by atoms with Crippen molar-refractivity contribution in [1.82, 2.24) is 10.0 Å². The molecule has 0 aromatic heterocycles. The number of hydrogen-bond donors (Lipinski definition) is 0. The zero-order valence-corrected chi connectivity index (χ0v) is 15.1. The molecule has 0 bridgehead atoms. The Morgan fingerprint density at radius 3 is 1.80 bits per heavy atom. The molecule has 1 amide bonds. The molecule has 0 saturated carbocycles. The summed E-state index contributed by atoms with van der Waals surface area (Å²) in [6.07, 6.45) is -10.1. The lowest BCUT2D eigenvalue weighted by Crippen LogP contribution is -2.46. The van der Waals surface area contributed by atoms with Crippen LogP contribution in [0.15, 0.2) is 36.4 Å². The minimum Gasteiger partial charge on any atom is -0.336 e. The van der Waals surface area contributed by atoms with Crippen LogP contribution in [0.25, 0.3) is 11.1 Å². The van der Waals surface area contributed by atoms with Gasteiger partial charge in [-0.1, -0.05) is 6.07 Å². The standard InChI is InChI=1S/C19H14F8N2O/c20-16-2-1-11(9-15(16)17(30)28-3-5-29(27)6-4-28)12-7-13(18(21,22)23)10-14(8-12)19(24,25)26/h1-2,7-10H,3-6H2. The van der Waals surface area contributed by atoms with Gasteiger partial charge in [0.25, 0.3) is 5.91 Å². The minimum atomic E-state index is -5.04. The molecule has 0 N–H and O–H groups in total. The Morgan fingerprint density at radius 1 is 0.767 bits per heavy atom. The van der Waals surface area contributed by atoms with E-state index in [-0.39, 0.29) is 37.8 Å². The Kier molecular flexibility index (Phi) is 5.76. The first kappa shape index (κ1) is 22.0. The highest BCUT2D eigenvalue weighted by Crippen LogP contribution is 2.39. The average molecular weight is 438 g/mol. The molecule has 30 heavy (non-hydrogen) atoms. The van der Waals surface area contributed by atoms with E-state index in [0.29, 0.717) is 17.3 Å². The molecule has 2 aromatic rings. The Balaban J connectivity index is 2.04. The number of benzene rings is 2. The topological polar surface area (TPSA) is 23.6 Å². The van der Waals surface area contributed by atoms with Crippen LogP contribution in [0.1, 0.15) is 21.5 Å². The van der Waals surface area contributed by atoms with Gasteiger partial charge in [0.2, 0.25) is 0 Å². The van der Waals surface area contributed by atoms with Gasteiger partial charge in [0.15, 0.2) is 0 Å². The van der Waals surface area contributed by atoms with Gasteiger partial charge in [-0.05, 0) is 41.5 Å². The third-order valence-electron chi connectivity index (χ3n) is 4.63. The van der Waals surface area contributed by atoms with Crippen LogP contribution in [-0.2, 0) is 12.4 Å². The van der Waals surface area contributed by atoms with E-state index in [1.54, 1.807) is 0 Å². The number of halogens is 8. The van der Waals surface area contributed by atoms with Crippen molar-refractivity contribution in [3.8, 4) is 11.1 Å². The summed E-state index contributed by atoms with van der Waals surface area (Å²) in [5, 5.41) is 0.470. The number of alkyl halides is 6. The van der Waals surface area contributed by atoms with Crippen LogP contribution >= 0.6 is 0 Å². The monoisotopic (exact) mass is 438 g/mol. The van der Waals surface area contributed by atoms with Crippen LogP contribution in [0.4, 0.5) is 35.2 Å². The third kappa shape index (κ3) is 4.72. The lowest BCUT2D eigenvalue weighted by atomic mass is 9.97. The van der Waals surface area contributed by atoms with Gasteiger partial charge in [-0.15, -0.1) is 9.60 Å². The molecule has 1 heterocycles. The Hall–Kier alpha value is -2.69. The van der Waals surface area contributed by atoms with Crippen LogP contribution in [-0.4, -0.2) is 42.1 Å². The lowest BCUT2D eigenvalue weighted by molar-refractivity contribution is -0.143. The molecular formula is C19H14F8N2O. The molecule has 2 aromatic carbocycles. The van der Waals surface area contributed by atoms with E-state index in [4.69, 9.17) is 0 Å². The van der Waals surface area contributed by atoms with E-state index in [9.17, 15) is 40.0 Å². The number of amides is 1. The number of rotatable bonds is 2. The maximum atomic E-state index is 14.2. The van der Waals surface area contributed by atoms with Gasteiger partial charge in [0, 0.05) is 26.2 Å². The largest absolute Gasteiger partial charge is 0.416 e. The molecular weight excluding hydrogens is 424 g/mol. The molecule has 11 heteroatoms. The molecule has 0 spiro atoms. The first-order chi connectivity index (χ1) is 13.9. The number of carbonyl (C=O) groups excluding carboxylic acids is 1. The first-order valence-electron chi connectivity index (χ1n) is 8.65. The fraction of sp³-hybridized carbons (Fsp3) is 0.316. The lowest BCUT2D eigenvalue weighted by Gasteiger charge is -2.30. The molecule has 0 unspecified atom stereocenters. The molecule has 0 atom stereocenters. The van der Waals surface area contributed by atoms with Crippen molar-refractivity contribution in [2.75, 3.05) is 26.2 Å². The molecule has 162 valence electrons. The second kappa shape index (κ2) is 7.86. The van der Waals surface area contributed by atoms with E-state index in [1.165, 1.54) is 0 Å².